The van der Waals surface area contributed by atoms with Crippen LogP contribution in [0.15, 0.2) is 103 Å². The third-order valence-corrected chi connectivity index (χ3v) is 25.3. The van der Waals surface area contributed by atoms with E-state index in [4.69, 9.17) is 44.9 Å². The number of carbonyl (C=O) groups is 14. The number of unbranched alkanes of at least 4 members (excludes halogenated alkanes) is 3. The van der Waals surface area contributed by atoms with Gasteiger partial charge in [0.15, 0.2) is 6.10 Å². The number of amides is 13. The number of halogens is 1. The lowest BCUT2D eigenvalue weighted by Gasteiger charge is -2.40. The number of nitrogen functional groups attached to an aromatic ring is 1. The maximum Gasteiger partial charge on any atom is 0.407 e. The summed E-state index contributed by atoms with van der Waals surface area (Å²) in [7, 11) is 1.90. The van der Waals surface area contributed by atoms with E-state index in [-0.39, 0.29) is 201 Å². The number of carboxylic acids is 2. The Labute approximate surface area is 823 Å². The molecule has 0 bridgehead atoms. The van der Waals surface area contributed by atoms with E-state index in [1.54, 1.807) is 41.8 Å². The molecule has 0 aliphatic carbocycles. The molecule has 140 heavy (non-hydrogen) atoms. The lowest BCUT2D eigenvalue weighted by Crippen LogP contribution is -2.59. The summed E-state index contributed by atoms with van der Waals surface area (Å²) in [6.45, 7) is 22.8. The van der Waals surface area contributed by atoms with E-state index in [1.807, 2.05) is 88.2 Å². The van der Waals surface area contributed by atoms with Crippen LogP contribution in [0.4, 0.5) is 35.8 Å². The number of piperidine rings is 1. The van der Waals surface area contributed by atoms with E-state index in [0.29, 0.717) is 49.9 Å². The molecular weight excluding hydrogens is 1830 g/mol. The van der Waals surface area contributed by atoms with Crippen LogP contribution < -0.4 is 69.5 Å². The maximum absolute atomic E-state index is 15.4. The number of primary amides is 1. The van der Waals surface area contributed by atoms with E-state index in [9.17, 15) is 76.9 Å². The molecule has 9 atom stereocenters. The highest BCUT2D eigenvalue weighted by atomic mass is 32.1. The van der Waals surface area contributed by atoms with Gasteiger partial charge >= 0.3 is 30.2 Å². The average Bonchev–Trinajstić information content (AvgIpc) is 1.16. The first-order valence-electron chi connectivity index (χ1n) is 48.3. The fraction of sp³-hybridized carbons (Fsp3) is 0.570. The van der Waals surface area contributed by atoms with Gasteiger partial charge in [0.25, 0.3) is 5.91 Å². The topological polar surface area (TPSA) is 530 Å². The third-order valence-electron chi connectivity index (χ3n) is 24.3. The molecule has 40 heteroatoms. The van der Waals surface area contributed by atoms with Crippen molar-refractivity contribution in [3.8, 4) is 0 Å². The SMILES string of the molecule is C=C1Cc2ccccc2N(C(=O)CCC(=O)NCCOCCOCCOCCOCCC(=O)N[C@@H](CCC(=O)O)C(=O)N[C@H](C(=O)N[C@@H](CCCNC(N)=O)C(=O)Nc2ccc(COC(=O)NCCNC(=O)O[C@H](C[C@H](C(C)C)N(CCCCCC)C(=O)[C@@H](NC(=O)[C@H]3CCCCN3C)[C@@H](C)CC)c3nc(C(=O)N[C@@H](Cc4ccc(N)c(F)c4)CC(C)(C)C(=O)O)cs3)cc2)C(C)C)Cc2ccccc21. The molecule has 0 radical (unpaired) electrons. The minimum atomic E-state index is -1.41. The van der Waals surface area contributed by atoms with Gasteiger partial charge in [-0.15, -0.1) is 11.3 Å². The number of hydrogen-bond acceptors (Lipinski definition) is 24. The van der Waals surface area contributed by atoms with Crippen molar-refractivity contribution in [3.05, 3.63) is 147 Å². The molecule has 770 valence electrons. The van der Waals surface area contributed by atoms with Crippen LogP contribution in [-0.4, -0.2) is 250 Å². The number of nitrogens with zero attached hydrogens (tertiary/aromatic N) is 4. The second kappa shape index (κ2) is 60.0. The number of allylic oxidation sites excluding steroid dienone is 1. The Bertz CT molecular complexity index is 4910. The highest BCUT2D eigenvalue weighted by Gasteiger charge is 2.41. The van der Waals surface area contributed by atoms with Crippen molar-refractivity contribution < 1.29 is 110 Å². The highest BCUT2D eigenvalue weighted by Crippen LogP contribution is 2.36. The predicted molar refractivity (Wildman–Crippen MR) is 526 cm³/mol. The number of ether oxygens (including phenoxy) is 6. The monoisotopic (exact) mass is 1970 g/mol. The van der Waals surface area contributed by atoms with Gasteiger partial charge in [-0.3, -0.25) is 57.6 Å². The quantitative estimate of drug-likeness (QED) is 0.0127. The molecule has 1 aromatic heterocycles. The number of nitrogens with one attached hydrogen (secondary N) is 10. The van der Waals surface area contributed by atoms with Crippen LogP contribution in [0.5, 0.6) is 0 Å². The number of hydrogen-bond donors (Lipinski definition) is 14. The molecule has 4 aromatic carbocycles. The maximum atomic E-state index is 15.4. The number of rotatable bonds is 61. The molecule has 1 saturated heterocycles. The molecule has 7 rings (SSSR count). The van der Waals surface area contributed by atoms with Gasteiger partial charge in [0.05, 0.1) is 76.5 Å². The third kappa shape index (κ3) is 39.4. The van der Waals surface area contributed by atoms with Crippen molar-refractivity contribution in [2.75, 3.05) is 115 Å². The molecule has 1 fully saturated rings. The van der Waals surface area contributed by atoms with E-state index < -0.39 is 132 Å². The van der Waals surface area contributed by atoms with E-state index >= 15 is 4.79 Å². The molecule has 0 saturated carbocycles. The summed E-state index contributed by atoms with van der Waals surface area (Å²) in [6, 6.07) is 18.3. The number of carboxylic acid groups (broad SMARTS) is 2. The Morgan fingerprint density at radius 1 is 0.650 bits per heavy atom. The number of likely N-dealkylation sites (N-methyl/N-ethyl adjacent to an activating group) is 1. The second-order valence-electron chi connectivity index (χ2n) is 36.6. The summed E-state index contributed by atoms with van der Waals surface area (Å²) >= 11 is 1.01. The van der Waals surface area contributed by atoms with Crippen LogP contribution in [0.3, 0.4) is 0 Å². The fourth-order valence-electron chi connectivity index (χ4n) is 16.1. The number of anilines is 3. The molecule has 2 aliphatic rings. The van der Waals surface area contributed by atoms with Crippen molar-refractivity contribution in [1.29, 1.82) is 0 Å². The first-order chi connectivity index (χ1) is 66.9. The molecule has 38 nitrogen and oxygen atoms in total. The Morgan fingerprint density at radius 3 is 1.96 bits per heavy atom. The number of aromatic nitrogens is 1. The van der Waals surface area contributed by atoms with Crippen molar-refractivity contribution >= 4 is 117 Å². The van der Waals surface area contributed by atoms with Crippen LogP contribution in [-0.2, 0) is 102 Å². The zero-order valence-electron chi connectivity index (χ0n) is 82.3. The lowest BCUT2D eigenvalue weighted by molar-refractivity contribution is -0.147. The summed E-state index contributed by atoms with van der Waals surface area (Å²) in [5.41, 5.74) is 15.5. The fourth-order valence-corrected chi connectivity index (χ4v) is 17.0. The molecule has 13 amide bonds. The highest BCUT2D eigenvalue weighted by molar-refractivity contribution is 7.09. The Hall–Kier alpha value is -12.2. The van der Waals surface area contributed by atoms with Gasteiger partial charge in [0.1, 0.15) is 47.3 Å². The summed E-state index contributed by atoms with van der Waals surface area (Å²) in [5.74, 6) is -8.97. The first-order valence-corrected chi connectivity index (χ1v) is 49.2. The number of fused-ring (bicyclic) bond motifs is 2. The normalized spacial score (nSPS) is 14.9. The molecular formula is C100H145FN16O22S. The van der Waals surface area contributed by atoms with Crippen LogP contribution in [0.25, 0.3) is 5.57 Å². The molecule has 5 aromatic rings. The zero-order valence-corrected chi connectivity index (χ0v) is 83.1. The number of urea groups is 1. The van der Waals surface area contributed by atoms with Crippen molar-refractivity contribution in [1.82, 2.24) is 62.6 Å². The Morgan fingerprint density at radius 2 is 1.31 bits per heavy atom. The Balaban J connectivity index is 0.871. The lowest BCUT2D eigenvalue weighted by atomic mass is 9.84. The number of thiazole rings is 1. The number of para-hydroxylation sites is 1. The first kappa shape index (κ1) is 115. The largest absolute Gasteiger partial charge is 0.481 e. The molecule has 0 unspecified atom stereocenters. The predicted octanol–water partition coefficient (Wildman–Crippen LogP) is 9.76. The van der Waals surface area contributed by atoms with Gasteiger partial charge in [0, 0.05) is 93.7 Å². The number of carbonyl (C=O) groups excluding carboxylic acids is 12. The van der Waals surface area contributed by atoms with Crippen molar-refractivity contribution in [2.24, 2.45) is 28.9 Å². The minimum Gasteiger partial charge on any atom is -0.481 e. The molecule has 2 aliphatic heterocycles. The summed E-state index contributed by atoms with van der Waals surface area (Å²) < 4.78 is 48.8. The molecule has 0 spiro atoms. The zero-order chi connectivity index (χ0) is 102. The van der Waals surface area contributed by atoms with Crippen LogP contribution in [0.2, 0.25) is 0 Å². The summed E-state index contributed by atoms with van der Waals surface area (Å²) in [5, 5.41) is 48.5. The van der Waals surface area contributed by atoms with Gasteiger partial charge < -0.3 is 113 Å². The van der Waals surface area contributed by atoms with Crippen molar-refractivity contribution in [3.63, 3.8) is 0 Å². The van der Waals surface area contributed by atoms with E-state index in [2.05, 4.69) is 66.7 Å². The number of likely N-dealkylation sites (tertiary alicyclic amines) is 1. The van der Waals surface area contributed by atoms with Gasteiger partial charge in [-0.2, -0.15) is 0 Å². The van der Waals surface area contributed by atoms with E-state index in [0.717, 1.165) is 77.9 Å². The second-order valence-corrected chi connectivity index (χ2v) is 37.5. The van der Waals surface area contributed by atoms with Gasteiger partial charge in [0.2, 0.25) is 47.3 Å². The number of alkyl carbamates (subject to hydrolysis) is 2. The summed E-state index contributed by atoms with van der Waals surface area (Å²) in [4.78, 5) is 199. The van der Waals surface area contributed by atoms with E-state index in [1.165, 1.54) is 43.5 Å². The Kier molecular flexibility index (Phi) is 49.2. The number of aliphatic carboxylic acids is 2. The standard InChI is InChI=1S/C100H145FN16O22S/c1-12-14-15-21-46-116(95(128)88(65(7)13-2)114-92(126)80-29-20-22-45-115(80)11)81(63(3)4)58-82(94-112-78(62-140-94)91(125)109-72(59-100(9,10)96(129)130)56-68-32-35-75(102)74(101)57-68)139-99(133)107-43-42-106-98(132)138-61-67-30-33-71(34-31-67)108-89(123)76(27-23-41-105-97(103)131)111-93(127)87(64(5)6)113-90(124)77(36-39-86(121)122)110-84(119)40-47-134-49-51-136-53-54-137-52-50-135-48-44-104-83(118)37-38-85(120)117-60-70-25-16-18-26-73(70)66(8)55-69-24-17-19-28-79(69)117/h16-19,24-26,28,30-35,57,62-65,72,76-77,80-82,87-88H,8,12-15,20-23,27,29,36-56,58-61,102H2,1-7,9-11H3,(H,104,118)(H,106,132)(H,107,133)(H,108,123)(H,109,125)(H,110,119)(H,111,127)(H,113,124)(H,114,126)(H,121,122)(H,129,130)(H3,103,105,131)/t65-,72-,76-,77-,80+,81+,82+,87-,88-/m0/s1. The number of benzene rings is 4. The average molecular weight is 1970 g/mol. The van der Waals surface area contributed by atoms with Crippen LogP contribution >= 0.6 is 11.3 Å². The van der Waals surface area contributed by atoms with Crippen LogP contribution in [0, 0.1) is 29.0 Å². The van der Waals surface area contributed by atoms with Crippen molar-refractivity contribution in [2.45, 2.75) is 246 Å². The van der Waals surface area contributed by atoms with Crippen LogP contribution in [0.1, 0.15) is 221 Å². The minimum absolute atomic E-state index is 0.0130. The van der Waals surface area contributed by atoms with Gasteiger partial charge in [-0.05, 0) is 167 Å². The van der Waals surface area contributed by atoms with Gasteiger partial charge in [-0.25, -0.2) is 23.8 Å². The molecule has 3 heterocycles. The summed E-state index contributed by atoms with van der Waals surface area (Å²) in [6.07, 6.45) is 2.77. The number of nitrogens with two attached hydrogens (primary N) is 2. The molecule has 16 N–H and O–H groups in total. The van der Waals surface area contributed by atoms with Gasteiger partial charge in [-0.1, -0.05) is 148 Å². The smallest absolute Gasteiger partial charge is 0.407 e.